The molecule has 0 saturated heterocycles. The quantitative estimate of drug-likeness (QED) is 0.299. The maximum atomic E-state index is 13.0. The number of hydrogen-bond acceptors (Lipinski definition) is 4. The van der Waals surface area contributed by atoms with Gasteiger partial charge < -0.3 is 9.47 Å². The molecule has 1 aliphatic rings. The normalized spacial score (nSPS) is 13.6. The fourth-order valence-corrected chi connectivity index (χ4v) is 3.94. The largest absolute Gasteiger partial charge is 0.490 e. The van der Waals surface area contributed by atoms with Gasteiger partial charge in [0.15, 0.2) is 0 Å². The number of benzene rings is 2. The molecule has 0 N–H and O–H groups in total. The van der Waals surface area contributed by atoms with Crippen LogP contribution in [0.15, 0.2) is 53.0 Å². The van der Waals surface area contributed by atoms with E-state index >= 15 is 0 Å². The first-order valence-corrected chi connectivity index (χ1v) is 10.5. The van der Waals surface area contributed by atoms with E-state index in [1.165, 1.54) is 6.42 Å². The van der Waals surface area contributed by atoms with Gasteiger partial charge in [-0.25, -0.2) is 4.79 Å². The highest BCUT2D eigenvalue weighted by Crippen LogP contribution is 2.29. The lowest BCUT2D eigenvalue weighted by molar-refractivity contribution is 0.0451. The number of carbonyl (C=O) groups is 1. The molecule has 0 amide bonds. The van der Waals surface area contributed by atoms with E-state index in [2.05, 4.69) is 15.9 Å². The lowest BCUT2D eigenvalue weighted by Crippen LogP contribution is -2.16. The van der Waals surface area contributed by atoms with Gasteiger partial charge in [-0.1, -0.05) is 40.5 Å². The topological polar surface area (TPSA) is 48.4 Å². The average Bonchev–Trinajstić information content (AvgIpc) is 2.95. The number of fused-ring (bicyclic) bond motifs is 2. The number of nitrogens with zero attached hydrogens (tertiary/aromatic N) is 1. The summed E-state index contributed by atoms with van der Waals surface area (Å²) in [6, 6.07) is 15.4. The molecule has 0 aliphatic heterocycles. The molecule has 144 valence electrons. The van der Waals surface area contributed by atoms with Gasteiger partial charge in [0.2, 0.25) is 0 Å². The number of hydrogen-bond donors (Lipinski definition) is 0. The summed E-state index contributed by atoms with van der Waals surface area (Å²) in [5.41, 5.74) is 3.66. The fourth-order valence-electron chi connectivity index (χ4n) is 3.68. The second-order valence-corrected chi connectivity index (χ2v) is 7.84. The van der Waals surface area contributed by atoms with Crippen molar-refractivity contribution in [1.29, 1.82) is 0 Å². The third kappa shape index (κ3) is 4.20. The number of halogens is 1. The number of pyridine rings is 1. The van der Waals surface area contributed by atoms with Gasteiger partial charge in [-0.3, -0.25) is 4.98 Å². The molecular weight excluding hydrogens is 418 g/mol. The van der Waals surface area contributed by atoms with Crippen LogP contribution < -0.4 is 4.74 Å². The van der Waals surface area contributed by atoms with Crippen LogP contribution in [-0.4, -0.2) is 24.2 Å². The van der Waals surface area contributed by atoms with Gasteiger partial charge in [0.05, 0.1) is 11.1 Å². The summed E-state index contributed by atoms with van der Waals surface area (Å²) in [5.74, 6) is 0.471. The summed E-state index contributed by atoms with van der Waals surface area (Å²) < 4.78 is 12.2. The Labute approximate surface area is 173 Å². The summed E-state index contributed by atoms with van der Waals surface area (Å²) in [7, 11) is 0. The molecule has 0 unspecified atom stereocenters. The SMILES string of the molecule is O=C(OCCOc1ccc(Br)cc1)c1c2c(nc3ccccc13)CCCCC2. The van der Waals surface area contributed by atoms with Crippen LogP contribution in [0.4, 0.5) is 0 Å². The van der Waals surface area contributed by atoms with Crippen molar-refractivity contribution >= 4 is 32.8 Å². The standard InChI is InChI=1S/C23H22BrNO3/c24-16-10-12-17(13-11-16)27-14-15-28-23(26)22-18-6-2-1-3-8-20(18)25-21-9-5-4-7-19(21)22/h4-5,7,9-13H,1-3,6,8,14-15H2. The van der Waals surface area contributed by atoms with Gasteiger partial charge >= 0.3 is 5.97 Å². The van der Waals surface area contributed by atoms with E-state index in [0.717, 1.165) is 58.1 Å². The third-order valence-electron chi connectivity index (χ3n) is 5.02. The fraction of sp³-hybridized carbons (Fsp3) is 0.304. The van der Waals surface area contributed by atoms with E-state index < -0.39 is 0 Å². The van der Waals surface area contributed by atoms with Gasteiger partial charge in [0, 0.05) is 15.6 Å². The molecule has 0 fully saturated rings. The van der Waals surface area contributed by atoms with Crippen molar-refractivity contribution in [3.8, 4) is 5.75 Å². The highest BCUT2D eigenvalue weighted by atomic mass is 79.9. The summed E-state index contributed by atoms with van der Waals surface area (Å²) in [6.07, 6.45) is 5.18. The minimum absolute atomic E-state index is 0.209. The van der Waals surface area contributed by atoms with Crippen molar-refractivity contribution in [3.05, 3.63) is 69.8 Å². The highest BCUT2D eigenvalue weighted by molar-refractivity contribution is 9.10. The minimum atomic E-state index is -0.281. The predicted molar refractivity (Wildman–Crippen MR) is 113 cm³/mol. The number of carbonyl (C=O) groups excluding carboxylic acids is 1. The number of ether oxygens (including phenoxy) is 2. The van der Waals surface area contributed by atoms with Crippen molar-refractivity contribution in [2.75, 3.05) is 13.2 Å². The van der Waals surface area contributed by atoms with Crippen LogP contribution in [-0.2, 0) is 17.6 Å². The van der Waals surface area contributed by atoms with E-state index in [-0.39, 0.29) is 12.6 Å². The first-order valence-electron chi connectivity index (χ1n) is 9.68. The number of para-hydroxylation sites is 1. The molecular formula is C23H22BrNO3. The van der Waals surface area contributed by atoms with Gasteiger partial charge in [-0.05, 0) is 61.6 Å². The summed E-state index contributed by atoms with van der Waals surface area (Å²) >= 11 is 3.40. The molecule has 0 radical (unpaired) electrons. The molecule has 0 bridgehead atoms. The van der Waals surface area contributed by atoms with Crippen LogP contribution in [0.2, 0.25) is 0 Å². The molecule has 3 aromatic rings. The van der Waals surface area contributed by atoms with E-state index in [0.29, 0.717) is 12.2 Å². The molecule has 1 aliphatic carbocycles. The van der Waals surface area contributed by atoms with Crippen LogP contribution in [0.25, 0.3) is 10.9 Å². The van der Waals surface area contributed by atoms with E-state index in [4.69, 9.17) is 14.5 Å². The smallest absolute Gasteiger partial charge is 0.339 e. The van der Waals surface area contributed by atoms with Crippen LogP contribution in [0.1, 0.15) is 40.9 Å². The molecule has 1 aromatic heterocycles. The second-order valence-electron chi connectivity index (χ2n) is 6.93. The van der Waals surface area contributed by atoms with Gasteiger partial charge in [-0.15, -0.1) is 0 Å². The molecule has 1 heterocycles. The number of aryl methyl sites for hydroxylation is 1. The summed E-state index contributed by atoms with van der Waals surface area (Å²) in [4.78, 5) is 17.8. The molecule has 5 heteroatoms. The zero-order valence-corrected chi connectivity index (χ0v) is 17.2. The number of rotatable bonds is 5. The van der Waals surface area contributed by atoms with E-state index in [1.54, 1.807) is 0 Å². The van der Waals surface area contributed by atoms with Gasteiger partial charge in [0.25, 0.3) is 0 Å². The van der Waals surface area contributed by atoms with Crippen LogP contribution in [0.5, 0.6) is 5.75 Å². The van der Waals surface area contributed by atoms with Crippen LogP contribution in [0.3, 0.4) is 0 Å². The maximum absolute atomic E-state index is 13.0. The molecule has 0 atom stereocenters. The molecule has 0 spiro atoms. The predicted octanol–water partition coefficient (Wildman–Crippen LogP) is 5.50. The van der Waals surface area contributed by atoms with E-state index in [9.17, 15) is 4.79 Å². The first-order chi connectivity index (χ1) is 13.7. The lowest BCUT2D eigenvalue weighted by atomic mass is 9.97. The summed E-state index contributed by atoms with van der Waals surface area (Å²) in [6.45, 7) is 0.527. The first kappa shape index (κ1) is 18.9. The van der Waals surface area contributed by atoms with Crippen LogP contribution >= 0.6 is 15.9 Å². The van der Waals surface area contributed by atoms with E-state index in [1.807, 2.05) is 48.5 Å². The van der Waals surface area contributed by atoms with Crippen molar-refractivity contribution < 1.29 is 14.3 Å². The van der Waals surface area contributed by atoms with Gasteiger partial charge in [-0.2, -0.15) is 0 Å². The maximum Gasteiger partial charge on any atom is 0.339 e. The molecule has 0 saturated carbocycles. The Kier molecular flexibility index (Phi) is 5.91. The zero-order valence-electron chi connectivity index (χ0n) is 15.6. The Morgan fingerprint density at radius 1 is 0.964 bits per heavy atom. The molecule has 4 nitrogen and oxygen atoms in total. The van der Waals surface area contributed by atoms with Crippen molar-refractivity contribution in [1.82, 2.24) is 4.98 Å². The average molecular weight is 440 g/mol. The molecule has 2 aromatic carbocycles. The molecule has 28 heavy (non-hydrogen) atoms. The Balaban J connectivity index is 1.51. The van der Waals surface area contributed by atoms with Crippen molar-refractivity contribution in [3.63, 3.8) is 0 Å². The Bertz CT molecular complexity index is 985. The number of esters is 1. The summed E-state index contributed by atoms with van der Waals surface area (Å²) in [5, 5.41) is 0.877. The van der Waals surface area contributed by atoms with Crippen LogP contribution in [0, 0.1) is 0 Å². The second kappa shape index (κ2) is 8.74. The van der Waals surface area contributed by atoms with Gasteiger partial charge in [0.1, 0.15) is 19.0 Å². The highest BCUT2D eigenvalue weighted by Gasteiger charge is 2.22. The lowest BCUT2D eigenvalue weighted by Gasteiger charge is -2.15. The minimum Gasteiger partial charge on any atom is -0.490 e. The third-order valence-corrected chi connectivity index (χ3v) is 5.55. The monoisotopic (exact) mass is 439 g/mol. The number of aromatic nitrogens is 1. The van der Waals surface area contributed by atoms with Crippen molar-refractivity contribution in [2.45, 2.75) is 32.1 Å². The van der Waals surface area contributed by atoms with Crippen molar-refractivity contribution in [2.24, 2.45) is 0 Å². The Morgan fingerprint density at radius 2 is 1.75 bits per heavy atom. The Hall–Kier alpha value is -2.40. The Morgan fingerprint density at radius 3 is 2.61 bits per heavy atom. The molecule has 4 rings (SSSR count). The zero-order chi connectivity index (χ0) is 19.3.